The van der Waals surface area contributed by atoms with Crippen molar-refractivity contribution in [3.05, 3.63) is 36.7 Å². The van der Waals surface area contributed by atoms with Crippen LogP contribution in [0.5, 0.6) is 0 Å². The maximum atomic E-state index is 4.14. The average molecular weight is 307 g/mol. The fourth-order valence-electron chi connectivity index (χ4n) is 1.14. The molecule has 0 saturated carbocycles. The molecule has 0 fully saturated rings. The Morgan fingerprint density at radius 3 is 2.27 bits per heavy atom. The van der Waals surface area contributed by atoms with Gasteiger partial charge in [0.1, 0.15) is 0 Å². The summed E-state index contributed by atoms with van der Waals surface area (Å²) >= 11 is 1.14. The number of fused-ring (bicyclic) bond motifs is 1. The first kappa shape index (κ1) is 12.5. The number of nitrogens with zero attached hydrogens (tertiary/aromatic N) is 2. The minimum atomic E-state index is 1.14. The van der Waals surface area contributed by atoms with Gasteiger partial charge in [0.25, 0.3) is 0 Å². The Hall–Kier alpha value is -0.611. The molecule has 0 atom stereocenters. The summed E-state index contributed by atoms with van der Waals surface area (Å²) in [4.78, 5) is 6.14. The van der Waals surface area contributed by atoms with Crippen molar-refractivity contribution in [2.24, 2.45) is 0 Å². The first-order valence-electron chi connectivity index (χ1n) is 4.80. The summed E-state index contributed by atoms with van der Waals surface area (Å²) in [6.07, 6.45) is 3.86. The molecule has 1 aromatic heterocycles. The summed E-state index contributed by atoms with van der Waals surface area (Å²) in [5, 5.41) is 2.60. The standard InChI is InChI=1S/C9H6N.C3H9N.Sn.H/c1-2-4-9-7-10-6-5-8(9)3-1;1-4(2)3;;/h1-4,6-7H;1-3H3;;. The Morgan fingerprint density at radius 2 is 1.67 bits per heavy atom. The second-order valence-electron chi connectivity index (χ2n) is 3.79. The van der Waals surface area contributed by atoms with Gasteiger partial charge in [0.2, 0.25) is 0 Å². The molecule has 2 radical (unpaired) electrons. The van der Waals surface area contributed by atoms with Crippen molar-refractivity contribution in [3.63, 3.8) is 0 Å². The van der Waals surface area contributed by atoms with Crippen molar-refractivity contribution < 1.29 is 0 Å². The van der Waals surface area contributed by atoms with E-state index in [-0.39, 0.29) is 0 Å². The molecule has 15 heavy (non-hydrogen) atoms. The fourth-order valence-corrected chi connectivity index (χ4v) is 2.14. The van der Waals surface area contributed by atoms with E-state index in [4.69, 9.17) is 0 Å². The van der Waals surface area contributed by atoms with Gasteiger partial charge >= 0.3 is 78.5 Å². The molecule has 2 aromatic rings. The van der Waals surface area contributed by atoms with Crippen molar-refractivity contribution in [2.75, 3.05) is 21.1 Å². The first-order chi connectivity index (χ1) is 7.11. The summed E-state index contributed by atoms with van der Waals surface area (Å²) in [6.45, 7) is 0. The van der Waals surface area contributed by atoms with Crippen LogP contribution in [0.2, 0.25) is 0 Å². The van der Waals surface area contributed by atoms with Gasteiger partial charge in [-0.3, -0.25) is 0 Å². The second kappa shape index (κ2) is 6.08. The van der Waals surface area contributed by atoms with Crippen LogP contribution in [0.4, 0.5) is 0 Å². The van der Waals surface area contributed by atoms with Crippen molar-refractivity contribution in [1.82, 2.24) is 9.88 Å². The molecule has 0 N–H and O–H groups in total. The number of hydrogen-bond donors (Lipinski definition) is 0. The summed E-state index contributed by atoms with van der Waals surface area (Å²) in [6, 6.07) is 8.37. The molecule has 0 bridgehead atoms. The zero-order valence-corrected chi connectivity index (χ0v) is 12.7. The molecule has 0 unspecified atom stereocenters. The summed E-state index contributed by atoms with van der Waals surface area (Å²) in [5.74, 6) is 0. The molecular formula is C12H16N2Sn. The van der Waals surface area contributed by atoms with Crippen LogP contribution in [0.25, 0.3) is 10.8 Å². The topological polar surface area (TPSA) is 16.1 Å². The summed E-state index contributed by atoms with van der Waals surface area (Å²) in [5.41, 5.74) is 0. The predicted octanol–water partition coefficient (Wildman–Crippen LogP) is 0.939. The van der Waals surface area contributed by atoms with Gasteiger partial charge < -0.3 is 4.90 Å². The molecule has 0 spiro atoms. The molecule has 2 rings (SSSR count). The summed E-state index contributed by atoms with van der Waals surface area (Å²) in [7, 11) is 6.00. The predicted molar refractivity (Wildman–Crippen MR) is 68.1 cm³/mol. The van der Waals surface area contributed by atoms with Crippen molar-refractivity contribution >= 4 is 36.9 Å². The van der Waals surface area contributed by atoms with Crippen LogP contribution in [0.1, 0.15) is 0 Å². The van der Waals surface area contributed by atoms with Crippen LogP contribution in [-0.2, 0) is 0 Å². The van der Waals surface area contributed by atoms with E-state index in [1.807, 2.05) is 44.5 Å². The van der Waals surface area contributed by atoms with Gasteiger partial charge in [-0.2, -0.15) is 0 Å². The molecule has 1 heterocycles. The van der Waals surface area contributed by atoms with Crippen molar-refractivity contribution in [3.8, 4) is 0 Å². The normalized spacial score (nSPS) is 9.93. The minimum absolute atomic E-state index is 1.14. The van der Waals surface area contributed by atoms with E-state index in [2.05, 4.69) is 23.2 Å². The van der Waals surface area contributed by atoms with Gasteiger partial charge in [-0.1, -0.05) is 0 Å². The Kier molecular flexibility index (Phi) is 5.05. The van der Waals surface area contributed by atoms with Gasteiger partial charge in [0.05, 0.1) is 0 Å². The van der Waals surface area contributed by atoms with Gasteiger partial charge in [-0.25, -0.2) is 0 Å². The third kappa shape index (κ3) is 4.18. The van der Waals surface area contributed by atoms with Crippen LogP contribution in [-0.4, -0.2) is 53.6 Å². The SMILES string of the molecule is CN(C)C.[SnH][c]1cncc2ccccc12. The van der Waals surface area contributed by atoms with E-state index >= 15 is 0 Å². The molecule has 0 amide bonds. The fraction of sp³-hybridized carbons (Fsp3) is 0.250. The van der Waals surface area contributed by atoms with Gasteiger partial charge in [-0.05, 0) is 21.1 Å². The average Bonchev–Trinajstić information content (AvgIpc) is 2.18. The van der Waals surface area contributed by atoms with Gasteiger partial charge in [0.15, 0.2) is 0 Å². The molecule has 78 valence electrons. The van der Waals surface area contributed by atoms with E-state index in [1.165, 1.54) is 14.4 Å². The third-order valence-electron chi connectivity index (χ3n) is 1.70. The molecule has 1 aromatic carbocycles. The van der Waals surface area contributed by atoms with Gasteiger partial charge in [-0.15, -0.1) is 0 Å². The summed E-state index contributed by atoms with van der Waals surface area (Å²) < 4.78 is 1.37. The first-order valence-corrected chi connectivity index (χ1v) is 6.45. The van der Waals surface area contributed by atoms with Crippen LogP contribution >= 0.6 is 0 Å². The monoisotopic (exact) mass is 308 g/mol. The Morgan fingerprint density at radius 1 is 1.07 bits per heavy atom. The van der Waals surface area contributed by atoms with Crippen molar-refractivity contribution in [2.45, 2.75) is 0 Å². The van der Waals surface area contributed by atoms with E-state index < -0.39 is 0 Å². The molecule has 2 nitrogen and oxygen atoms in total. The van der Waals surface area contributed by atoms with Crippen LogP contribution in [0.15, 0.2) is 36.7 Å². The van der Waals surface area contributed by atoms with Gasteiger partial charge in [0, 0.05) is 0 Å². The van der Waals surface area contributed by atoms with Crippen molar-refractivity contribution in [1.29, 1.82) is 0 Å². The zero-order chi connectivity index (χ0) is 11.3. The molecule has 0 aliphatic rings. The number of rotatable bonds is 0. The number of hydrogen-bond acceptors (Lipinski definition) is 2. The Balaban J connectivity index is 0.000000245. The maximum absolute atomic E-state index is 4.14. The Labute approximate surface area is 104 Å². The molecular weight excluding hydrogens is 291 g/mol. The van der Waals surface area contributed by atoms with E-state index in [0.717, 1.165) is 22.5 Å². The molecule has 0 aliphatic heterocycles. The third-order valence-corrected chi connectivity index (χ3v) is 3.01. The van der Waals surface area contributed by atoms with Crippen LogP contribution in [0.3, 0.4) is 0 Å². The zero-order valence-electron chi connectivity index (χ0n) is 9.44. The Bertz CT molecular complexity index is 419. The number of aromatic nitrogens is 1. The number of pyridine rings is 1. The number of benzene rings is 1. The van der Waals surface area contributed by atoms with E-state index in [0.29, 0.717) is 0 Å². The quantitative estimate of drug-likeness (QED) is 0.674. The van der Waals surface area contributed by atoms with E-state index in [9.17, 15) is 0 Å². The van der Waals surface area contributed by atoms with E-state index in [1.54, 1.807) is 0 Å². The van der Waals surface area contributed by atoms with Crippen LogP contribution in [0, 0.1) is 0 Å². The van der Waals surface area contributed by atoms with Crippen LogP contribution < -0.4 is 3.58 Å². The second-order valence-corrected chi connectivity index (χ2v) is 5.57. The molecule has 0 aliphatic carbocycles. The molecule has 0 saturated heterocycles. The molecule has 3 heteroatoms.